The number of carbonyl (C=O) groups is 2. The topological polar surface area (TPSA) is 65.8 Å². The van der Waals surface area contributed by atoms with Crippen molar-refractivity contribution in [2.24, 2.45) is 0 Å². The van der Waals surface area contributed by atoms with Gasteiger partial charge in [0.1, 0.15) is 6.54 Å². The van der Waals surface area contributed by atoms with Gasteiger partial charge in [0.15, 0.2) is 0 Å². The molecule has 2 amide bonds. The number of likely N-dealkylation sites (tertiary alicyclic amines) is 1. The number of aromatic nitrogens is 1. The maximum atomic E-state index is 12.5. The number of piperidine rings is 1. The highest BCUT2D eigenvalue weighted by atomic mass is 16.3. The summed E-state index contributed by atoms with van der Waals surface area (Å²) >= 11 is 0. The molecule has 6 nitrogen and oxygen atoms in total. The Balaban J connectivity index is 1.61. The van der Waals surface area contributed by atoms with E-state index in [1.165, 1.54) is 4.90 Å². The number of aryl methyl sites for hydroxylation is 1. The predicted molar refractivity (Wildman–Crippen MR) is 96.1 cm³/mol. The standard InChI is InChI=1S/C19H25N3O3/c1-14-11-22(17-6-4-3-5-16(14)17)13-18(24)20(2)12-19(25)21-9-7-15(23)8-10-21/h3-6,11,15,23H,7-10,12-13H2,1-2H3. The normalized spacial score (nSPS) is 15.6. The van der Waals surface area contributed by atoms with Gasteiger partial charge in [-0.3, -0.25) is 9.59 Å². The number of aliphatic hydroxyl groups excluding tert-OH is 1. The van der Waals surface area contributed by atoms with Gasteiger partial charge in [0, 0.05) is 37.2 Å². The average molecular weight is 343 g/mol. The lowest BCUT2D eigenvalue weighted by atomic mass is 10.1. The molecule has 0 radical (unpaired) electrons. The van der Waals surface area contributed by atoms with Crippen molar-refractivity contribution in [1.82, 2.24) is 14.4 Å². The Labute approximate surface area is 147 Å². The van der Waals surface area contributed by atoms with Crippen molar-refractivity contribution in [2.75, 3.05) is 26.7 Å². The molecule has 1 aromatic heterocycles. The van der Waals surface area contributed by atoms with E-state index in [9.17, 15) is 14.7 Å². The molecule has 0 aliphatic carbocycles. The third-order valence-corrected chi connectivity index (χ3v) is 4.91. The number of benzene rings is 1. The molecule has 3 rings (SSSR count). The van der Waals surface area contributed by atoms with Crippen molar-refractivity contribution < 1.29 is 14.7 Å². The number of nitrogens with zero attached hydrogens (tertiary/aromatic N) is 3. The highest BCUT2D eigenvalue weighted by Gasteiger charge is 2.23. The molecular formula is C19H25N3O3. The molecule has 1 aliphatic heterocycles. The molecule has 1 N–H and O–H groups in total. The van der Waals surface area contributed by atoms with Crippen LogP contribution in [0.25, 0.3) is 10.9 Å². The first-order valence-corrected chi connectivity index (χ1v) is 8.70. The average Bonchev–Trinajstić information content (AvgIpc) is 2.91. The van der Waals surface area contributed by atoms with Gasteiger partial charge in [-0.25, -0.2) is 0 Å². The van der Waals surface area contributed by atoms with E-state index in [1.54, 1.807) is 11.9 Å². The number of likely N-dealkylation sites (N-methyl/N-ethyl adjacent to an activating group) is 1. The second-order valence-electron chi connectivity index (χ2n) is 6.82. The highest BCUT2D eigenvalue weighted by molar-refractivity contribution is 5.87. The van der Waals surface area contributed by atoms with Gasteiger partial charge < -0.3 is 19.5 Å². The van der Waals surface area contributed by atoms with Gasteiger partial charge in [0.2, 0.25) is 11.8 Å². The minimum Gasteiger partial charge on any atom is -0.393 e. The van der Waals surface area contributed by atoms with Gasteiger partial charge in [-0.05, 0) is 31.4 Å². The van der Waals surface area contributed by atoms with Crippen molar-refractivity contribution in [3.05, 3.63) is 36.0 Å². The lowest BCUT2D eigenvalue weighted by Gasteiger charge is -2.31. The lowest BCUT2D eigenvalue weighted by molar-refractivity contribution is -0.140. The molecule has 134 valence electrons. The molecule has 2 heterocycles. The Bertz CT molecular complexity index is 775. The van der Waals surface area contributed by atoms with E-state index in [-0.39, 0.29) is 31.0 Å². The number of carbonyl (C=O) groups excluding carboxylic acids is 2. The number of aliphatic hydroxyl groups is 1. The van der Waals surface area contributed by atoms with E-state index in [0.717, 1.165) is 16.5 Å². The quantitative estimate of drug-likeness (QED) is 0.912. The summed E-state index contributed by atoms with van der Waals surface area (Å²) in [5.41, 5.74) is 2.16. The van der Waals surface area contributed by atoms with E-state index in [0.29, 0.717) is 25.9 Å². The van der Waals surface area contributed by atoms with Gasteiger partial charge in [-0.1, -0.05) is 18.2 Å². The van der Waals surface area contributed by atoms with Crippen molar-refractivity contribution in [3.8, 4) is 0 Å². The second-order valence-corrected chi connectivity index (χ2v) is 6.82. The van der Waals surface area contributed by atoms with E-state index >= 15 is 0 Å². The van der Waals surface area contributed by atoms with Crippen LogP contribution in [-0.2, 0) is 16.1 Å². The molecule has 1 fully saturated rings. The number of para-hydroxylation sites is 1. The molecule has 1 aromatic carbocycles. The second kappa shape index (κ2) is 7.27. The Morgan fingerprint density at radius 3 is 2.64 bits per heavy atom. The SMILES string of the molecule is Cc1cn(CC(=O)N(C)CC(=O)N2CCC(O)CC2)c2ccccc12. The van der Waals surface area contributed by atoms with Crippen molar-refractivity contribution in [2.45, 2.75) is 32.4 Å². The number of hydrogen-bond acceptors (Lipinski definition) is 3. The molecule has 25 heavy (non-hydrogen) atoms. The van der Waals surface area contributed by atoms with Crippen LogP contribution in [0, 0.1) is 6.92 Å². The van der Waals surface area contributed by atoms with Crippen LogP contribution < -0.4 is 0 Å². The Kier molecular flexibility index (Phi) is 5.08. The zero-order chi connectivity index (χ0) is 18.0. The summed E-state index contributed by atoms with van der Waals surface area (Å²) in [6.45, 7) is 3.44. The minimum absolute atomic E-state index is 0.0590. The zero-order valence-corrected chi connectivity index (χ0v) is 14.8. The maximum absolute atomic E-state index is 12.5. The molecule has 0 spiro atoms. The molecule has 0 unspecified atom stereocenters. The van der Waals surface area contributed by atoms with Crippen LogP contribution in [0.3, 0.4) is 0 Å². The highest BCUT2D eigenvalue weighted by Crippen LogP contribution is 2.20. The summed E-state index contributed by atoms with van der Waals surface area (Å²) in [6, 6.07) is 7.99. The summed E-state index contributed by atoms with van der Waals surface area (Å²) < 4.78 is 1.94. The van der Waals surface area contributed by atoms with Crippen LogP contribution in [0.4, 0.5) is 0 Å². The molecule has 1 aliphatic rings. The largest absolute Gasteiger partial charge is 0.393 e. The number of hydrogen-bond donors (Lipinski definition) is 1. The first-order valence-electron chi connectivity index (χ1n) is 8.70. The van der Waals surface area contributed by atoms with Crippen LogP contribution >= 0.6 is 0 Å². The van der Waals surface area contributed by atoms with E-state index in [2.05, 4.69) is 0 Å². The maximum Gasteiger partial charge on any atom is 0.242 e. The van der Waals surface area contributed by atoms with Crippen molar-refractivity contribution in [3.63, 3.8) is 0 Å². The Morgan fingerprint density at radius 2 is 1.92 bits per heavy atom. The summed E-state index contributed by atoms with van der Waals surface area (Å²) in [4.78, 5) is 28.1. The monoisotopic (exact) mass is 343 g/mol. The summed E-state index contributed by atoms with van der Waals surface area (Å²) in [7, 11) is 1.66. The fourth-order valence-electron chi connectivity index (χ4n) is 3.33. The van der Waals surface area contributed by atoms with E-state index in [1.807, 2.05) is 42.0 Å². The third kappa shape index (κ3) is 3.85. The molecule has 6 heteroatoms. The number of rotatable bonds is 4. The zero-order valence-electron chi connectivity index (χ0n) is 14.8. The minimum atomic E-state index is -0.311. The molecule has 1 saturated heterocycles. The molecule has 2 aromatic rings. The Morgan fingerprint density at radius 1 is 1.24 bits per heavy atom. The fraction of sp³-hybridized carbons (Fsp3) is 0.474. The molecule has 0 saturated carbocycles. The third-order valence-electron chi connectivity index (χ3n) is 4.91. The first-order chi connectivity index (χ1) is 12.0. The van der Waals surface area contributed by atoms with Crippen LogP contribution in [0.5, 0.6) is 0 Å². The predicted octanol–water partition coefficient (Wildman–Crippen LogP) is 1.39. The fourth-order valence-corrected chi connectivity index (χ4v) is 3.33. The van der Waals surface area contributed by atoms with Gasteiger partial charge >= 0.3 is 0 Å². The first kappa shape index (κ1) is 17.5. The van der Waals surface area contributed by atoms with E-state index in [4.69, 9.17) is 0 Å². The molecule has 0 bridgehead atoms. The van der Waals surface area contributed by atoms with Gasteiger partial charge in [0.05, 0.1) is 12.6 Å². The lowest BCUT2D eigenvalue weighted by Crippen LogP contribution is -2.46. The summed E-state index contributed by atoms with van der Waals surface area (Å²) in [5, 5.41) is 10.7. The van der Waals surface area contributed by atoms with Gasteiger partial charge in [0.25, 0.3) is 0 Å². The van der Waals surface area contributed by atoms with E-state index < -0.39 is 0 Å². The smallest absolute Gasteiger partial charge is 0.242 e. The summed E-state index contributed by atoms with van der Waals surface area (Å²) in [5.74, 6) is -0.151. The van der Waals surface area contributed by atoms with Crippen molar-refractivity contribution >= 4 is 22.7 Å². The van der Waals surface area contributed by atoms with Crippen LogP contribution in [0.1, 0.15) is 18.4 Å². The van der Waals surface area contributed by atoms with Gasteiger partial charge in [-0.15, -0.1) is 0 Å². The number of amides is 2. The number of fused-ring (bicyclic) bond motifs is 1. The Hall–Kier alpha value is -2.34. The molecule has 0 atom stereocenters. The van der Waals surface area contributed by atoms with Crippen LogP contribution in [-0.4, -0.2) is 64.1 Å². The van der Waals surface area contributed by atoms with Gasteiger partial charge in [-0.2, -0.15) is 0 Å². The summed E-state index contributed by atoms with van der Waals surface area (Å²) in [6.07, 6.45) is 2.88. The van der Waals surface area contributed by atoms with Crippen LogP contribution in [0.2, 0.25) is 0 Å². The van der Waals surface area contributed by atoms with Crippen LogP contribution in [0.15, 0.2) is 30.5 Å². The molecular weight excluding hydrogens is 318 g/mol. The van der Waals surface area contributed by atoms with Crippen molar-refractivity contribution in [1.29, 1.82) is 0 Å².